The summed E-state index contributed by atoms with van der Waals surface area (Å²) in [6.45, 7) is 22.7. The van der Waals surface area contributed by atoms with Gasteiger partial charge in [-0.1, -0.05) is 125 Å². The number of nitrogens with one attached hydrogen (secondary N) is 5. The predicted molar refractivity (Wildman–Crippen MR) is 513 cm³/mol. The summed E-state index contributed by atoms with van der Waals surface area (Å²) in [6, 6.07) is 36.4. The van der Waals surface area contributed by atoms with Crippen LogP contribution in [0.1, 0.15) is 244 Å². The molecule has 0 spiro atoms. The molecular formula is C99H122N16O30. The lowest BCUT2D eigenvalue weighted by atomic mass is 10.1. The number of nitrogens with zero attached hydrogens (tertiary/aromatic N) is 11. The number of ether oxygens (including phenoxy) is 8. The molecule has 1 atom stereocenters. The smallest absolute Gasteiger partial charge is 0.419 e. The topological polar surface area (TPSA) is 545 Å². The number of esters is 5. The van der Waals surface area contributed by atoms with Gasteiger partial charge in [0, 0.05) is 46.4 Å². The van der Waals surface area contributed by atoms with Gasteiger partial charge in [0.15, 0.2) is 0 Å². The Labute approximate surface area is 836 Å². The van der Waals surface area contributed by atoms with Gasteiger partial charge in [0.2, 0.25) is 0 Å². The second-order valence-corrected chi connectivity index (χ2v) is 33.1. The van der Waals surface area contributed by atoms with Crippen LogP contribution in [0.3, 0.4) is 0 Å². The van der Waals surface area contributed by atoms with Crippen LogP contribution in [0.25, 0.3) is 0 Å². The number of hydrogen-bond acceptors (Lipinski definition) is 30. The molecule has 0 fully saturated rings. The second-order valence-electron chi connectivity index (χ2n) is 33.1. The van der Waals surface area contributed by atoms with E-state index in [1.54, 1.807) is 184 Å². The lowest BCUT2D eigenvalue weighted by Gasteiger charge is -2.34. The molecule has 5 aliphatic rings. The first-order valence-electron chi connectivity index (χ1n) is 46.9. The summed E-state index contributed by atoms with van der Waals surface area (Å²) in [5, 5.41) is 20.7. The Balaban J connectivity index is 0.000000251. The maximum absolute atomic E-state index is 13.1. The van der Waals surface area contributed by atoms with Crippen molar-refractivity contribution in [2.24, 2.45) is 5.92 Å². The fraction of sp³-hybridized carbons (Fsp3) is 0.414. The third kappa shape index (κ3) is 32.0. The molecule has 5 N–H and O–H groups in total. The van der Waals surface area contributed by atoms with Crippen molar-refractivity contribution in [3.8, 4) is 0 Å². The molecule has 0 aromatic heterocycles. The van der Waals surface area contributed by atoms with Crippen molar-refractivity contribution < 1.29 is 143 Å². The average molecular weight is 2020 g/mol. The molecule has 1 unspecified atom stereocenters. The molecular weight excluding hydrogens is 1890 g/mol. The maximum Gasteiger partial charge on any atom is 0.419 e. The monoisotopic (exact) mass is 2010 g/mol. The number of amides is 22. The van der Waals surface area contributed by atoms with Gasteiger partial charge in [0.25, 0.3) is 59.1 Å². The SMILES string of the molecule is CCCCOCCCCN(C(=O)NCC(=O)OCC)N1C(=O)c2ccccc2C1=O.CCOC(=O)CNC(=O)N(C(C)CC)N1C(=O)c2ccccc2C1=O.CCOC(=O)CNC(=O)N(C)N1C(=O)c2ccccc2C1=O.CCOC(=O)CNC(=O)N(CC(C)C)N1C(=O)c2ccccc2C1=O.CCOC(=O)CNC(=O)N(CCCCN(C(=O)OCc1ccccc1)C(=O)OC(C)(C)C)N1C(=O)c2ccccc2C1=O. The Bertz CT molecular complexity index is 5540. The molecule has 46 heteroatoms. The van der Waals surface area contributed by atoms with Gasteiger partial charge >= 0.3 is 72.2 Å². The van der Waals surface area contributed by atoms with E-state index < -0.39 is 149 Å². The van der Waals surface area contributed by atoms with E-state index in [1.165, 1.54) is 31.3 Å². The summed E-state index contributed by atoms with van der Waals surface area (Å²) < 4.78 is 40.0. The standard InChI is InChI=1S/C30H36N4O9.C21H29N3O6.2C17H21N3O5.C14H15N3O5/c1-5-41-24(35)19-31-27(38)33(34-25(36)22-15-9-10-16-23(22)26(34)37)18-12-11-17-32(29(40)43-30(2,3)4)28(39)42-20-21-13-7-6-8-14-21;1-3-5-13-29-14-9-8-12-23(21(28)22-15-18(25)30-4-2)24-19(26)16-10-6-7-11-17(16)20(24)27;1-4-25-14(21)9-18-17(24)19(10-11(2)3)20-15(22)12-7-5-6-8-13(12)16(20)23;1-4-11(3)19(17(24)18-10-14(21)25-5-2)20-15(22)12-8-6-7-9-13(12)16(20)23;1-3-22-11(18)8-15-14(21)16(2)17-12(19)9-6-4-5-7-10(9)13(17)20/h6-10,13-16H,5,11-12,17-20H2,1-4H3,(H,31,38);6-7,10-11H,3-5,8-9,12-15H2,1-2H3,(H,22,28);5-8,11H,4,9-10H2,1-3H3,(H,18,24);6-9,11H,4-5,10H2,1-3H3,(H,18,24);4-7H,3,8H2,1-2H3,(H,15,21). The molecule has 0 saturated carbocycles. The zero-order valence-electron chi connectivity index (χ0n) is 83.2. The number of carbonyl (C=O) groups is 22. The summed E-state index contributed by atoms with van der Waals surface area (Å²) in [7, 11) is 1.27. The van der Waals surface area contributed by atoms with E-state index in [9.17, 15) is 105 Å². The van der Waals surface area contributed by atoms with E-state index in [0.717, 1.165) is 68.4 Å². The molecule has 5 heterocycles. The Morgan fingerprint density at radius 3 is 0.924 bits per heavy atom. The van der Waals surface area contributed by atoms with Gasteiger partial charge in [-0.3, -0.25) is 71.9 Å². The quantitative estimate of drug-likeness (QED) is 0.0104. The zero-order chi connectivity index (χ0) is 107. The minimum absolute atomic E-state index is 0.00217. The number of rotatable bonds is 39. The number of hydrogen-bond donors (Lipinski definition) is 5. The highest BCUT2D eigenvalue weighted by molar-refractivity contribution is 6.25. The van der Waals surface area contributed by atoms with Crippen LogP contribution in [0.2, 0.25) is 0 Å². The fourth-order valence-corrected chi connectivity index (χ4v) is 13.9. The van der Waals surface area contributed by atoms with Crippen molar-refractivity contribution in [3.05, 3.63) is 213 Å². The van der Waals surface area contributed by atoms with Crippen LogP contribution in [-0.2, 0) is 68.5 Å². The highest BCUT2D eigenvalue weighted by Gasteiger charge is 2.48. The van der Waals surface area contributed by atoms with Crippen LogP contribution in [0.15, 0.2) is 152 Å². The number of unbranched alkanes of at least 4 members (excludes halogenated alkanes) is 3. The van der Waals surface area contributed by atoms with E-state index in [4.69, 9.17) is 33.2 Å². The predicted octanol–water partition coefficient (Wildman–Crippen LogP) is 9.90. The maximum atomic E-state index is 13.1. The summed E-state index contributed by atoms with van der Waals surface area (Å²) in [5.41, 5.74) is 2.06. The van der Waals surface area contributed by atoms with Crippen molar-refractivity contribution >= 4 is 131 Å². The van der Waals surface area contributed by atoms with Crippen molar-refractivity contribution in [1.29, 1.82) is 0 Å². The zero-order valence-corrected chi connectivity index (χ0v) is 83.2. The summed E-state index contributed by atoms with van der Waals surface area (Å²) >= 11 is 0. The highest BCUT2D eigenvalue weighted by atomic mass is 16.6. The van der Waals surface area contributed by atoms with Crippen LogP contribution in [0.4, 0.5) is 33.6 Å². The Morgan fingerprint density at radius 2 is 0.607 bits per heavy atom. The molecule has 0 bridgehead atoms. The molecule has 46 nitrogen and oxygen atoms in total. The van der Waals surface area contributed by atoms with E-state index in [-0.39, 0.29) is 166 Å². The van der Waals surface area contributed by atoms with Gasteiger partial charge in [-0.05, 0) is 173 Å². The molecule has 6 aromatic carbocycles. The first-order chi connectivity index (χ1) is 69.2. The summed E-state index contributed by atoms with van der Waals surface area (Å²) in [6.07, 6.45) is 2.21. The van der Waals surface area contributed by atoms with E-state index in [2.05, 4.69) is 38.2 Å². The average Bonchev–Trinajstić information content (AvgIpc) is 1.67. The first kappa shape index (κ1) is 115. The number of fused-ring (bicyclic) bond motifs is 5. The minimum Gasteiger partial charge on any atom is -0.465 e. The third-order valence-electron chi connectivity index (χ3n) is 20.9. The lowest BCUT2D eigenvalue weighted by molar-refractivity contribution is -0.142. The molecule has 22 amide bonds. The number of urea groups is 5. The van der Waals surface area contributed by atoms with Crippen LogP contribution in [0.5, 0.6) is 0 Å². The van der Waals surface area contributed by atoms with E-state index >= 15 is 0 Å². The molecule has 0 radical (unpaired) electrons. The van der Waals surface area contributed by atoms with Crippen molar-refractivity contribution in [3.63, 3.8) is 0 Å². The Kier molecular flexibility index (Phi) is 45.2. The van der Waals surface area contributed by atoms with Crippen molar-refractivity contribution in [2.45, 2.75) is 153 Å². The summed E-state index contributed by atoms with van der Waals surface area (Å²) in [4.78, 5) is 273. The third-order valence-corrected chi connectivity index (χ3v) is 20.9. The number of benzene rings is 6. The molecule has 6 aromatic rings. The number of imide groups is 6. The van der Waals surface area contributed by atoms with Gasteiger partial charge in [-0.15, -0.1) is 0 Å². The van der Waals surface area contributed by atoms with E-state index in [0.29, 0.717) is 37.5 Å². The normalized spacial score (nSPS) is 12.9. The molecule has 0 saturated heterocycles. The van der Waals surface area contributed by atoms with Crippen LogP contribution >= 0.6 is 0 Å². The van der Waals surface area contributed by atoms with Crippen molar-refractivity contribution in [1.82, 2.24) is 81.6 Å². The number of hydrazine groups is 5. The van der Waals surface area contributed by atoms with Crippen LogP contribution < -0.4 is 26.6 Å². The molecule has 5 aliphatic heterocycles. The first-order valence-corrected chi connectivity index (χ1v) is 46.9. The number of carbonyl (C=O) groups excluding carboxylic acids is 22. The largest absolute Gasteiger partial charge is 0.465 e. The van der Waals surface area contributed by atoms with Gasteiger partial charge in [0.05, 0.1) is 94.7 Å². The molecule has 0 aliphatic carbocycles. The molecule has 145 heavy (non-hydrogen) atoms. The second kappa shape index (κ2) is 56.8. The summed E-state index contributed by atoms with van der Waals surface area (Å²) in [5.74, 6) is -9.06. The van der Waals surface area contributed by atoms with Gasteiger partial charge < -0.3 is 64.5 Å². The van der Waals surface area contributed by atoms with Gasteiger partial charge in [0.1, 0.15) is 44.9 Å². The fourth-order valence-electron chi connectivity index (χ4n) is 13.9. The van der Waals surface area contributed by atoms with Gasteiger partial charge in [-0.2, -0.15) is 25.0 Å². The molecule has 11 rings (SSSR count). The van der Waals surface area contributed by atoms with Gasteiger partial charge in [-0.25, -0.2) is 63.5 Å². The van der Waals surface area contributed by atoms with E-state index in [1.807, 2.05) is 26.8 Å². The Hall–Kier alpha value is -16.6. The highest BCUT2D eigenvalue weighted by Crippen LogP contribution is 2.31. The lowest BCUT2D eigenvalue weighted by Crippen LogP contribution is -2.57. The van der Waals surface area contributed by atoms with Crippen molar-refractivity contribution in [2.75, 3.05) is 112 Å². The minimum atomic E-state index is -0.914. The van der Waals surface area contributed by atoms with Crippen LogP contribution in [0, 0.1) is 5.92 Å². The molecule has 778 valence electrons. The Morgan fingerprint density at radius 1 is 0.324 bits per heavy atom. The van der Waals surface area contributed by atoms with Crippen LogP contribution in [-0.4, -0.2) is 310 Å².